The molecule has 1 aliphatic heterocycles. The zero-order valence-corrected chi connectivity index (χ0v) is 16.2. The van der Waals surface area contributed by atoms with Gasteiger partial charge in [-0.2, -0.15) is 0 Å². The van der Waals surface area contributed by atoms with E-state index in [9.17, 15) is 4.79 Å². The molecule has 1 aromatic heterocycles. The fourth-order valence-electron chi connectivity index (χ4n) is 3.57. The molecule has 2 aromatic carbocycles. The Morgan fingerprint density at radius 1 is 1.10 bits per heavy atom. The monoisotopic (exact) mass is 389 g/mol. The van der Waals surface area contributed by atoms with Crippen LogP contribution >= 0.6 is 0 Å². The first-order valence-corrected chi connectivity index (χ1v) is 9.49. The van der Waals surface area contributed by atoms with E-state index in [0.29, 0.717) is 36.8 Å². The largest absolute Gasteiger partial charge is 0.493 e. The molecule has 4 rings (SSSR count). The van der Waals surface area contributed by atoms with E-state index in [4.69, 9.17) is 15.2 Å². The zero-order valence-electron chi connectivity index (χ0n) is 16.2. The third-order valence-electron chi connectivity index (χ3n) is 5.11. The number of hydrogen-bond acceptors (Lipinski definition) is 5. The molecule has 0 saturated carbocycles. The van der Waals surface area contributed by atoms with Crippen molar-refractivity contribution in [2.75, 3.05) is 24.3 Å². The zero-order chi connectivity index (χ0) is 20.2. The predicted octanol–water partition coefficient (Wildman–Crippen LogP) is 3.77. The Morgan fingerprint density at radius 2 is 1.93 bits per heavy atom. The lowest BCUT2D eigenvalue weighted by molar-refractivity contribution is -0.117. The molecule has 3 aromatic rings. The molecule has 1 saturated heterocycles. The molecule has 148 valence electrons. The number of carbonyl (C=O) groups is 1. The maximum Gasteiger partial charge on any atom is 0.227 e. The molecule has 0 radical (unpaired) electrons. The number of amides is 1. The van der Waals surface area contributed by atoms with Crippen LogP contribution in [0.3, 0.4) is 0 Å². The summed E-state index contributed by atoms with van der Waals surface area (Å²) in [5.41, 5.74) is 9.44. The lowest BCUT2D eigenvalue weighted by Gasteiger charge is -2.18. The van der Waals surface area contributed by atoms with E-state index in [2.05, 4.69) is 4.98 Å². The minimum Gasteiger partial charge on any atom is -0.493 e. The summed E-state index contributed by atoms with van der Waals surface area (Å²) < 4.78 is 11.4. The van der Waals surface area contributed by atoms with Gasteiger partial charge in [-0.05, 0) is 53.6 Å². The number of hydrogen-bond donors (Lipinski definition) is 1. The Kier molecular flexibility index (Phi) is 5.33. The van der Waals surface area contributed by atoms with E-state index in [1.165, 1.54) is 0 Å². The van der Waals surface area contributed by atoms with Gasteiger partial charge in [0.1, 0.15) is 6.61 Å². The van der Waals surface area contributed by atoms with Crippen LogP contribution in [0.2, 0.25) is 0 Å². The van der Waals surface area contributed by atoms with E-state index in [0.717, 1.165) is 16.8 Å². The van der Waals surface area contributed by atoms with E-state index in [1.807, 2.05) is 54.6 Å². The number of benzene rings is 2. The summed E-state index contributed by atoms with van der Waals surface area (Å²) >= 11 is 0. The smallest absolute Gasteiger partial charge is 0.227 e. The normalized spacial score (nSPS) is 16.1. The van der Waals surface area contributed by atoms with Crippen LogP contribution in [-0.2, 0) is 11.4 Å². The fraction of sp³-hybridized carbons (Fsp3) is 0.217. The second-order valence-electron chi connectivity index (χ2n) is 7.05. The first kappa shape index (κ1) is 18.8. The van der Waals surface area contributed by atoms with Crippen molar-refractivity contribution in [2.45, 2.75) is 18.9 Å². The van der Waals surface area contributed by atoms with Crippen LogP contribution in [0.25, 0.3) is 0 Å². The highest BCUT2D eigenvalue weighted by atomic mass is 16.5. The van der Waals surface area contributed by atoms with Gasteiger partial charge in [0, 0.05) is 42.7 Å². The number of pyridine rings is 1. The first-order chi connectivity index (χ1) is 14.1. The highest BCUT2D eigenvalue weighted by Crippen LogP contribution is 2.37. The first-order valence-electron chi connectivity index (χ1n) is 9.49. The molecule has 29 heavy (non-hydrogen) atoms. The summed E-state index contributed by atoms with van der Waals surface area (Å²) in [5, 5.41) is 0. The minimum absolute atomic E-state index is 0.0816. The summed E-state index contributed by atoms with van der Waals surface area (Å²) in [6.07, 6.45) is 3.92. The van der Waals surface area contributed by atoms with Gasteiger partial charge in [0.2, 0.25) is 5.91 Å². The fourth-order valence-corrected chi connectivity index (χ4v) is 3.57. The van der Waals surface area contributed by atoms with Gasteiger partial charge >= 0.3 is 0 Å². The Hall–Kier alpha value is -3.54. The third-order valence-corrected chi connectivity index (χ3v) is 5.11. The standard InChI is InChI=1S/C23H23N3O3/c1-28-21-6-5-17(11-22(21)29-15-16-7-9-25-10-8-16)18-12-23(27)26(14-18)20-4-2-3-19(24)13-20/h2-11,13,18H,12,14-15,24H2,1H3. The van der Waals surface area contributed by atoms with Crippen LogP contribution in [0, 0.1) is 0 Å². The molecule has 1 unspecified atom stereocenters. The second-order valence-corrected chi connectivity index (χ2v) is 7.05. The quantitative estimate of drug-likeness (QED) is 0.650. The molecule has 6 nitrogen and oxygen atoms in total. The van der Waals surface area contributed by atoms with Crippen molar-refractivity contribution in [1.82, 2.24) is 4.98 Å². The van der Waals surface area contributed by atoms with Gasteiger partial charge in [0.05, 0.1) is 7.11 Å². The average molecular weight is 389 g/mol. The molecule has 6 heteroatoms. The van der Waals surface area contributed by atoms with E-state index in [-0.39, 0.29) is 11.8 Å². The maximum atomic E-state index is 12.6. The summed E-state index contributed by atoms with van der Waals surface area (Å²) in [4.78, 5) is 18.4. The highest BCUT2D eigenvalue weighted by Gasteiger charge is 2.32. The third kappa shape index (κ3) is 4.16. The summed E-state index contributed by atoms with van der Waals surface area (Å²) in [5.74, 6) is 1.50. The number of methoxy groups -OCH3 is 1. The number of nitrogens with two attached hydrogens (primary N) is 1. The molecule has 1 aliphatic rings. The van der Waals surface area contributed by atoms with Crippen LogP contribution in [-0.4, -0.2) is 24.5 Å². The molecule has 0 aliphatic carbocycles. The number of nitrogen functional groups attached to an aromatic ring is 1. The Balaban J connectivity index is 1.53. The van der Waals surface area contributed by atoms with Crippen molar-refractivity contribution in [3.05, 3.63) is 78.1 Å². The van der Waals surface area contributed by atoms with Gasteiger partial charge in [0.15, 0.2) is 11.5 Å². The van der Waals surface area contributed by atoms with E-state index >= 15 is 0 Å². The molecule has 0 spiro atoms. The van der Waals surface area contributed by atoms with Gasteiger partial charge in [0.25, 0.3) is 0 Å². The number of aromatic nitrogens is 1. The molecule has 2 N–H and O–H groups in total. The van der Waals surface area contributed by atoms with Crippen LogP contribution in [0.5, 0.6) is 11.5 Å². The van der Waals surface area contributed by atoms with Crippen molar-refractivity contribution in [1.29, 1.82) is 0 Å². The number of ether oxygens (including phenoxy) is 2. The van der Waals surface area contributed by atoms with Gasteiger partial charge < -0.3 is 20.1 Å². The number of carbonyl (C=O) groups excluding carboxylic acids is 1. The second kappa shape index (κ2) is 8.22. The van der Waals surface area contributed by atoms with Crippen LogP contribution < -0.4 is 20.1 Å². The predicted molar refractivity (Wildman–Crippen MR) is 112 cm³/mol. The van der Waals surface area contributed by atoms with Crippen molar-refractivity contribution in [3.63, 3.8) is 0 Å². The molecule has 1 fully saturated rings. The van der Waals surface area contributed by atoms with Crippen molar-refractivity contribution < 1.29 is 14.3 Å². The van der Waals surface area contributed by atoms with Gasteiger partial charge in [-0.1, -0.05) is 12.1 Å². The molecule has 1 amide bonds. The molecule has 0 bridgehead atoms. The van der Waals surface area contributed by atoms with E-state index in [1.54, 1.807) is 24.4 Å². The molecular formula is C23H23N3O3. The summed E-state index contributed by atoms with van der Waals surface area (Å²) in [7, 11) is 1.62. The Morgan fingerprint density at radius 3 is 2.69 bits per heavy atom. The number of anilines is 2. The highest BCUT2D eigenvalue weighted by molar-refractivity contribution is 5.96. The topological polar surface area (TPSA) is 77.7 Å². The maximum absolute atomic E-state index is 12.6. The van der Waals surface area contributed by atoms with Crippen LogP contribution in [0.1, 0.15) is 23.5 Å². The Labute approximate surface area is 169 Å². The van der Waals surface area contributed by atoms with E-state index < -0.39 is 0 Å². The average Bonchev–Trinajstić information content (AvgIpc) is 3.14. The van der Waals surface area contributed by atoms with Gasteiger partial charge in [-0.3, -0.25) is 9.78 Å². The lowest BCUT2D eigenvalue weighted by atomic mass is 9.98. The minimum atomic E-state index is 0.0816. The van der Waals surface area contributed by atoms with Gasteiger partial charge in [-0.25, -0.2) is 0 Å². The van der Waals surface area contributed by atoms with Crippen LogP contribution in [0.15, 0.2) is 67.0 Å². The van der Waals surface area contributed by atoms with Crippen LogP contribution in [0.4, 0.5) is 11.4 Å². The van der Waals surface area contributed by atoms with Crippen molar-refractivity contribution in [2.24, 2.45) is 0 Å². The Bertz CT molecular complexity index is 1010. The molecule has 1 atom stereocenters. The molecular weight excluding hydrogens is 366 g/mol. The number of rotatable bonds is 6. The summed E-state index contributed by atoms with van der Waals surface area (Å²) in [6.45, 7) is 1.03. The van der Waals surface area contributed by atoms with Gasteiger partial charge in [-0.15, -0.1) is 0 Å². The molecule has 2 heterocycles. The number of nitrogens with zero attached hydrogens (tertiary/aromatic N) is 2. The summed E-state index contributed by atoms with van der Waals surface area (Å²) in [6, 6.07) is 17.1. The SMILES string of the molecule is COc1ccc(C2CC(=O)N(c3cccc(N)c3)C2)cc1OCc1ccncc1. The van der Waals surface area contributed by atoms with Crippen molar-refractivity contribution in [3.8, 4) is 11.5 Å². The lowest BCUT2D eigenvalue weighted by Crippen LogP contribution is -2.24. The van der Waals surface area contributed by atoms with Crippen molar-refractivity contribution >= 4 is 17.3 Å².